The van der Waals surface area contributed by atoms with Gasteiger partial charge in [0.2, 0.25) is 0 Å². The number of thiazole rings is 1. The maximum Gasteiger partial charge on any atom is 0.137 e. The van der Waals surface area contributed by atoms with Crippen molar-refractivity contribution in [3.05, 3.63) is 33.6 Å². The molecule has 96 valence electrons. The van der Waals surface area contributed by atoms with E-state index < -0.39 is 0 Å². The molecule has 0 aliphatic rings. The lowest BCUT2D eigenvalue weighted by Gasteiger charge is -2.17. The highest BCUT2D eigenvalue weighted by molar-refractivity contribution is 7.09. The number of hydrogen-bond donors (Lipinski definition) is 1. The van der Waals surface area contributed by atoms with Crippen LogP contribution in [0.3, 0.4) is 0 Å². The van der Waals surface area contributed by atoms with Crippen molar-refractivity contribution < 1.29 is 0 Å². The molecular formula is C12H15ClN4S. The van der Waals surface area contributed by atoms with Gasteiger partial charge in [-0.3, -0.25) is 0 Å². The van der Waals surface area contributed by atoms with Crippen LogP contribution in [0.4, 0.5) is 5.82 Å². The summed E-state index contributed by atoms with van der Waals surface area (Å²) in [5.41, 5.74) is -0.123. The van der Waals surface area contributed by atoms with E-state index in [2.05, 4.69) is 41.0 Å². The molecule has 0 amide bonds. The summed E-state index contributed by atoms with van der Waals surface area (Å²) in [4.78, 5) is 12.9. The van der Waals surface area contributed by atoms with Gasteiger partial charge in [0, 0.05) is 23.1 Å². The molecule has 0 fully saturated rings. The topological polar surface area (TPSA) is 50.7 Å². The van der Waals surface area contributed by atoms with Crippen molar-refractivity contribution in [2.45, 2.75) is 32.7 Å². The highest BCUT2D eigenvalue weighted by atomic mass is 35.5. The van der Waals surface area contributed by atoms with Gasteiger partial charge in [-0.2, -0.15) is 0 Å². The third-order valence-corrected chi connectivity index (χ3v) is 3.24. The van der Waals surface area contributed by atoms with Gasteiger partial charge in [-0.15, -0.1) is 11.3 Å². The molecule has 0 aromatic carbocycles. The maximum atomic E-state index is 6.01. The molecule has 18 heavy (non-hydrogen) atoms. The molecule has 0 saturated heterocycles. The van der Waals surface area contributed by atoms with Gasteiger partial charge in [-0.05, 0) is 0 Å². The number of rotatable bonds is 3. The largest absolute Gasteiger partial charge is 0.363 e. The maximum absolute atomic E-state index is 6.01. The highest BCUT2D eigenvalue weighted by Gasteiger charge is 2.18. The SMILES string of the molecule is CC(C)(C)c1nc(Cl)cc(NCc2nccs2)n1. The van der Waals surface area contributed by atoms with E-state index in [-0.39, 0.29) is 5.41 Å². The molecule has 0 aliphatic heterocycles. The van der Waals surface area contributed by atoms with Gasteiger partial charge in [-0.25, -0.2) is 15.0 Å². The average molecular weight is 283 g/mol. The third kappa shape index (κ3) is 3.40. The molecule has 2 heterocycles. The monoisotopic (exact) mass is 282 g/mol. The van der Waals surface area contributed by atoms with Gasteiger partial charge in [0.1, 0.15) is 21.8 Å². The summed E-state index contributed by atoms with van der Waals surface area (Å²) >= 11 is 7.62. The lowest BCUT2D eigenvalue weighted by atomic mass is 9.96. The Kier molecular flexibility index (Phi) is 3.82. The van der Waals surface area contributed by atoms with E-state index in [9.17, 15) is 0 Å². The van der Waals surface area contributed by atoms with E-state index in [0.29, 0.717) is 11.7 Å². The summed E-state index contributed by atoms with van der Waals surface area (Å²) in [7, 11) is 0. The molecule has 0 saturated carbocycles. The summed E-state index contributed by atoms with van der Waals surface area (Å²) in [6, 6.07) is 1.73. The van der Waals surface area contributed by atoms with E-state index in [1.165, 1.54) is 0 Å². The number of aromatic nitrogens is 3. The van der Waals surface area contributed by atoms with Crippen LogP contribution in [0.1, 0.15) is 31.6 Å². The fraction of sp³-hybridized carbons (Fsp3) is 0.417. The Hall–Kier alpha value is -1.20. The van der Waals surface area contributed by atoms with Crippen LogP contribution in [0, 0.1) is 0 Å². The number of hydrogen-bond acceptors (Lipinski definition) is 5. The fourth-order valence-corrected chi connectivity index (χ4v) is 2.09. The molecule has 0 spiro atoms. The quantitative estimate of drug-likeness (QED) is 0.876. The van der Waals surface area contributed by atoms with Crippen LogP contribution in [0.25, 0.3) is 0 Å². The Morgan fingerprint density at radius 3 is 2.72 bits per heavy atom. The summed E-state index contributed by atoms with van der Waals surface area (Å²) in [6.07, 6.45) is 1.79. The van der Waals surface area contributed by atoms with Gasteiger partial charge in [0.05, 0.1) is 6.54 Å². The van der Waals surface area contributed by atoms with Crippen molar-refractivity contribution in [3.8, 4) is 0 Å². The van der Waals surface area contributed by atoms with Crippen molar-refractivity contribution in [3.63, 3.8) is 0 Å². The molecule has 2 aromatic rings. The number of halogens is 1. The fourth-order valence-electron chi connectivity index (χ4n) is 1.35. The van der Waals surface area contributed by atoms with E-state index in [0.717, 1.165) is 16.6 Å². The first-order valence-corrected chi connectivity index (χ1v) is 6.88. The summed E-state index contributed by atoms with van der Waals surface area (Å²) < 4.78 is 0. The van der Waals surface area contributed by atoms with Crippen molar-refractivity contribution in [2.24, 2.45) is 0 Å². The smallest absolute Gasteiger partial charge is 0.137 e. The predicted octanol–water partition coefficient (Wildman–Crippen LogP) is 3.50. The second kappa shape index (κ2) is 5.20. The van der Waals surface area contributed by atoms with Crippen LogP contribution < -0.4 is 5.32 Å². The molecule has 0 unspecified atom stereocenters. The van der Waals surface area contributed by atoms with Crippen LogP contribution in [-0.2, 0) is 12.0 Å². The predicted molar refractivity (Wildman–Crippen MR) is 75.2 cm³/mol. The normalized spacial score (nSPS) is 11.6. The number of anilines is 1. The molecule has 4 nitrogen and oxygen atoms in total. The first-order chi connectivity index (χ1) is 8.45. The van der Waals surface area contributed by atoms with E-state index in [1.54, 1.807) is 23.6 Å². The summed E-state index contributed by atoms with van der Waals surface area (Å²) in [5, 5.41) is 6.63. The van der Waals surface area contributed by atoms with E-state index in [1.807, 2.05) is 5.38 Å². The van der Waals surface area contributed by atoms with Crippen molar-refractivity contribution in [2.75, 3.05) is 5.32 Å². The van der Waals surface area contributed by atoms with Gasteiger partial charge in [0.25, 0.3) is 0 Å². The zero-order valence-corrected chi connectivity index (χ0v) is 12.1. The number of nitrogens with zero attached hydrogens (tertiary/aromatic N) is 3. The van der Waals surface area contributed by atoms with Crippen molar-refractivity contribution >= 4 is 28.8 Å². The van der Waals surface area contributed by atoms with Crippen LogP contribution >= 0.6 is 22.9 Å². The third-order valence-electron chi connectivity index (χ3n) is 2.27. The Labute approximate surface area is 115 Å². The molecule has 2 aromatic heterocycles. The van der Waals surface area contributed by atoms with Gasteiger partial charge >= 0.3 is 0 Å². The Balaban J connectivity index is 2.15. The van der Waals surface area contributed by atoms with Gasteiger partial charge in [0.15, 0.2) is 0 Å². The lowest BCUT2D eigenvalue weighted by molar-refractivity contribution is 0.546. The minimum absolute atomic E-state index is 0.123. The van der Waals surface area contributed by atoms with Crippen LogP contribution in [0.5, 0.6) is 0 Å². The zero-order chi connectivity index (χ0) is 13.2. The first kappa shape index (κ1) is 13.2. The van der Waals surface area contributed by atoms with Gasteiger partial charge < -0.3 is 5.32 Å². The summed E-state index contributed by atoms with van der Waals surface area (Å²) in [5.74, 6) is 1.46. The second-order valence-electron chi connectivity index (χ2n) is 4.93. The average Bonchev–Trinajstić information content (AvgIpc) is 2.77. The standard InChI is InChI=1S/C12H15ClN4S/c1-12(2,3)11-16-8(13)6-9(17-11)15-7-10-14-4-5-18-10/h4-6H,7H2,1-3H3,(H,15,16,17). The van der Waals surface area contributed by atoms with E-state index in [4.69, 9.17) is 11.6 Å². The van der Waals surface area contributed by atoms with Crippen molar-refractivity contribution in [1.29, 1.82) is 0 Å². The Morgan fingerprint density at radius 2 is 2.11 bits per heavy atom. The minimum atomic E-state index is -0.123. The number of nitrogens with one attached hydrogen (secondary N) is 1. The zero-order valence-electron chi connectivity index (χ0n) is 10.6. The molecule has 0 radical (unpaired) electrons. The minimum Gasteiger partial charge on any atom is -0.363 e. The molecule has 0 atom stereocenters. The highest BCUT2D eigenvalue weighted by Crippen LogP contribution is 2.22. The van der Waals surface area contributed by atoms with Crippen molar-refractivity contribution in [1.82, 2.24) is 15.0 Å². The molecular weight excluding hydrogens is 268 g/mol. The molecule has 2 rings (SSSR count). The molecule has 1 N–H and O–H groups in total. The van der Waals surface area contributed by atoms with E-state index >= 15 is 0 Å². The van der Waals surface area contributed by atoms with Crippen LogP contribution in [0.15, 0.2) is 17.6 Å². The molecule has 0 aliphatic carbocycles. The Bertz CT molecular complexity index is 519. The molecule has 6 heteroatoms. The molecule has 0 bridgehead atoms. The van der Waals surface area contributed by atoms with Gasteiger partial charge in [-0.1, -0.05) is 32.4 Å². The summed E-state index contributed by atoms with van der Waals surface area (Å²) in [6.45, 7) is 6.82. The lowest BCUT2D eigenvalue weighted by Crippen LogP contribution is -2.17. The van der Waals surface area contributed by atoms with Crippen LogP contribution in [0.2, 0.25) is 5.15 Å². The second-order valence-corrected chi connectivity index (χ2v) is 6.30. The van der Waals surface area contributed by atoms with Crippen LogP contribution in [-0.4, -0.2) is 15.0 Å². The Morgan fingerprint density at radius 1 is 1.33 bits per heavy atom. The first-order valence-electron chi connectivity index (χ1n) is 5.62.